The molecule has 1 aromatic carbocycles. The zero-order chi connectivity index (χ0) is 14.8. The van der Waals surface area contributed by atoms with Gasteiger partial charge in [-0.1, -0.05) is 41.2 Å². The molecule has 1 N–H and O–H groups in total. The van der Waals surface area contributed by atoms with Crippen molar-refractivity contribution in [1.82, 2.24) is 14.8 Å². The van der Waals surface area contributed by atoms with Gasteiger partial charge in [0.1, 0.15) is 0 Å². The fourth-order valence-corrected chi connectivity index (χ4v) is 3.53. The van der Waals surface area contributed by atoms with Crippen LogP contribution < -0.4 is 4.87 Å². The second-order valence-corrected chi connectivity index (χ2v) is 6.83. The topological polar surface area (TPSA) is 39.3 Å². The van der Waals surface area contributed by atoms with E-state index in [4.69, 9.17) is 0 Å². The molecule has 0 aliphatic carbocycles. The van der Waals surface area contributed by atoms with Crippen LogP contribution in [0.3, 0.4) is 0 Å². The van der Waals surface area contributed by atoms with Crippen molar-refractivity contribution in [2.24, 2.45) is 0 Å². The lowest BCUT2D eigenvalue weighted by atomic mass is 10.1. The summed E-state index contributed by atoms with van der Waals surface area (Å²) in [4.78, 5) is 20.7. The van der Waals surface area contributed by atoms with E-state index in [-0.39, 0.29) is 4.87 Å². The molecule has 4 nitrogen and oxygen atoms in total. The second-order valence-electron chi connectivity index (χ2n) is 5.76. The van der Waals surface area contributed by atoms with E-state index in [1.807, 2.05) is 0 Å². The molecule has 2 aromatic rings. The number of piperazine rings is 1. The number of likely N-dealkylation sites (N-methyl/N-ethyl adjacent to an activating group) is 1. The van der Waals surface area contributed by atoms with Gasteiger partial charge >= 0.3 is 4.87 Å². The zero-order valence-electron chi connectivity index (χ0n) is 12.6. The molecule has 0 saturated carbocycles. The molecule has 1 aromatic heterocycles. The van der Waals surface area contributed by atoms with Crippen LogP contribution in [-0.4, -0.2) is 48.0 Å². The average molecular weight is 303 g/mol. The summed E-state index contributed by atoms with van der Waals surface area (Å²) in [5.41, 5.74) is 3.32. The minimum Gasteiger partial charge on any atom is -0.312 e. The number of aromatic nitrogens is 1. The second kappa shape index (κ2) is 6.13. The summed E-state index contributed by atoms with van der Waals surface area (Å²) < 4.78 is 0. The lowest BCUT2D eigenvalue weighted by Gasteiger charge is -2.32. The average Bonchev–Trinajstić information content (AvgIpc) is 2.83. The lowest BCUT2D eigenvalue weighted by Crippen LogP contribution is -2.43. The summed E-state index contributed by atoms with van der Waals surface area (Å²) in [5, 5.41) is 0. The van der Waals surface area contributed by atoms with E-state index in [0.29, 0.717) is 0 Å². The number of aryl methyl sites for hydroxylation is 1. The van der Waals surface area contributed by atoms with Gasteiger partial charge in [0, 0.05) is 37.6 Å². The maximum absolute atomic E-state index is 11.8. The highest BCUT2D eigenvalue weighted by Gasteiger charge is 2.18. The Kier molecular flexibility index (Phi) is 4.24. The number of nitrogens with zero attached hydrogens (tertiary/aromatic N) is 2. The number of aromatic amines is 1. The molecule has 0 unspecified atom stereocenters. The maximum atomic E-state index is 11.8. The van der Waals surface area contributed by atoms with Crippen LogP contribution in [0.15, 0.2) is 29.1 Å². The molecule has 0 atom stereocenters. The molecule has 0 amide bonds. The Labute approximate surface area is 129 Å². The van der Waals surface area contributed by atoms with E-state index < -0.39 is 0 Å². The first-order valence-electron chi connectivity index (χ1n) is 7.32. The quantitative estimate of drug-likeness (QED) is 0.944. The third-order valence-electron chi connectivity index (χ3n) is 4.03. The third kappa shape index (κ3) is 3.43. The van der Waals surface area contributed by atoms with Crippen LogP contribution in [0, 0.1) is 6.92 Å². The van der Waals surface area contributed by atoms with Crippen LogP contribution in [0.4, 0.5) is 0 Å². The van der Waals surface area contributed by atoms with Gasteiger partial charge in [-0.15, -0.1) is 0 Å². The van der Waals surface area contributed by atoms with Crippen molar-refractivity contribution < 1.29 is 0 Å². The molecular formula is C16H21N3OS. The highest BCUT2D eigenvalue weighted by molar-refractivity contribution is 7.09. The van der Waals surface area contributed by atoms with E-state index in [1.54, 1.807) is 0 Å². The molecule has 3 rings (SSSR count). The van der Waals surface area contributed by atoms with Crippen molar-refractivity contribution in [2.75, 3.05) is 33.2 Å². The number of H-pyrrole nitrogens is 1. The number of hydrogen-bond donors (Lipinski definition) is 1. The summed E-state index contributed by atoms with van der Waals surface area (Å²) in [6.07, 6.45) is 0. The van der Waals surface area contributed by atoms with Gasteiger partial charge in [-0.3, -0.25) is 9.69 Å². The van der Waals surface area contributed by atoms with Crippen molar-refractivity contribution >= 4 is 11.3 Å². The first kappa shape index (κ1) is 14.5. The molecule has 2 heterocycles. The first-order chi connectivity index (χ1) is 10.1. The zero-order valence-corrected chi connectivity index (χ0v) is 13.4. The van der Waals surface area contributed by atoms with Crippen LogP contribution in [0.2, 0.25) is 0 Å². The number of thiazole rings is 1. The van der Waals surface area contributed by atoms with Gasteiger partial charge in [-0.2, -0.15) is 0 Å². The van der Waals surface area contributed by atoms with E-state index in [1.165, 1.54) is 16.9 Å². The molecule has 5 heteroatoms. The largest absolute Gasteiger partial charge is 0.312 e. The van der Waals surface area contributed by atoms with E-state index in [0.717, 1.165) is 48.9 Å². The van der Waals surface area contributed by atoms with Crippen LogP contribution >= 0.6 is 11.3 Å². The van der Waals surface area contributed by atoms with Gasteiger partial charge in [0.2, 0.25) is 0 Å². The molecular weight excluding hydrogens is 282 g/mol. The Morgan fingerprint density at radius 1 is 1.14 bits per heavy atom. The van der Waals surface area contributed by atoms with Crippen LogP contribution in [0.5, 0.6) is 0 Å². The normalized spacial score (nSPS) is 17.2. The predicted molar refractivity (Wildman–Crippen MR) is 87.9 cm³/mol. The summed E-state index contributed by atoms with van der Waals surface area (Å²) >= 11 is 1.34. The number of benzene rings is 1. The number of rotatable bonds is 3. The van der Waals surface area contributed by atoms with Gasteiger partial charge < -0.3 is 9.88 Å². The molecule has 0 spiro atoms. The van der Waals surface area contributed by atoms with Crippen molar-refractivity contribution in [3.8, 4) is 11.3 Å². The third-order valence-corrected chi connectivity index (χ3v) is 4.89. The van der Waals surface area contributed by atoms with E-state index in [2.05, 4.69) is 53.0 Å². The molecule has 112 valence electrons. The Balaban J connectivity index is 1.82. The summed E-state index contributed by atoms with van der Waals surface area (Å²) in [7, 11) is 2.16. The van der Waals surface area contributed by atoms with Gasteiger partial charge in [-0.25, -0.2) is 0 Å². The minimum absolute atomic E-state index is 0.0368. The molecule has 1 aliphatic heterocycles. The first-order valence-corrected chi connectivity index (χ1v) is 8.13. The van der Waals surface area contributed by atoms with Crippen molar-refractivity contribution in [3.05, 3.63) is 44.4 Å². The standard InChI is InChI=1S/C16H21N3OS/c1-12-3-5-13(6-4-12)15-14(21-16(20)17-15)11-19-9-7-18(2)8-10-19/h3-6H,7-11H2,1-2H3,(H,17,20). The number of hydrogen-bond acceptors (Lipinski definition) is 4. The lowest BCUT2D eigenvalue weighted by molar-refractivity contribution is 0.149. The molecule has 1 saturated heterocycles. The van der Waals surface area contributed by atoms with Crippen molar-refractivity contribution in [3.63, 3.8) is 0 Å². The number of nitrogens with one attached hydrogen (secondary N) is 1. The monoisotopic (exact) mass is 303 g/mol. The smallest absolute Gasteiger partial charge is 0.305 e. The van der Waals surface area contributed by atoms with Gasteiger partial charge in [0.05, 0.1) is 5.69 Å². The van der Waals surface area contributed by atoms with E-state index in [9.17, 15) is 4.79 Å². The highest BCUT2D eigenvalue weighted by Crippen LogP contribution is 2.25. The Bertz CT molecular complexity index is 651. The Morgan fingerprint density at radius 2 is 1.81 bits per heavy atom. The maximum Gasteiger partial charge on any atom is 0.305 e. The van der Waals surface area contributed by atoms with Gasteiger partial charge in [-0.05, 0) is 19.5 Å². The molecule has 1 aliphatic rings. The summed E-state index contributed by atoms with van der Waals surface area (Å²) in [5.74, 6) is 0. The predicted octanol–water partition coefficient (Wildman–Crippen LogP) is 2.16. The fourth-order valence-electron chi connectivity index (χ4n) is 2.63. The van der Waals surface area contributed by atoms with E-state index >= 15 is 0 Å². The highest BCUT2D eigenvalue weighted by atomic mass is 32.1. The molecule has 1 fully saturated rings. The van der Waals surface area contributed by atoms with Crippen LogP contribution in [0.1, 0.15) is 10.4 Å². The SMILES string of the molecule is Cc1ccc(-c2[nH]c(=O)sc2CN2CCN(C)CC2)cc1. The Morgan fingerprint density at radius 3 is 2.48 bits per heavy atom. The molecule has 21 heavy (non-hydrogen) atoms. The van der Waals surface area contributed by atoms with Gasteiger partial charge in [0.15, 0.2) is 0 Å². The fraction of sp³-hybridized carbons (Fsp3) is 0.438. The molecule has 0 bridgehead atoms. The van der Waals surface area contributed by atoms with Gasteiger partial charge in [0.25, 0.3) is 0 Å². The summed E-state index contributed by atoms with van der Waals surface area (Å²) in [6.45, 7) is 7.26. The van der Waals surface area contributed by atoms with Crippen LogP contribution in [-0.2, 0) is 6.54 Å². The minimum atomic E-state index is 0.0368. The van der Waals surface area contributed by atoms with Crippen molar-refractivity contribution in [2.45, 2.75) is 13.5 Å². The summed E-state index contributed by atoms with van der Waals surface area (Å²) in [6, 6.07) is 8.34. The van der Waals surface area contributed by atoms with Crippen LogP contribution in [0.25, 0.3) is 11.3 Å². The van der Waals surface area contributed by atoms with Crippen molar-refractivity contribution in [1.29, 1.82) is 0 Å². The molecule has 0 radical (unpaired) electrons. The Hall–Kier alpha value is -1.43.